The molecule has 0 aliphatic carbocycles. The second kappa shape index (κ2) is 4.66. The molecule has 1 aliphatic heterocycles. The molecule has 1 aromatic heterocycles. The maximum Gasteiger partial charge on any atom is 0.167 e. The quantitative estimate of drug-likeness (QED) is 0.872. The molecule has 2 aromatic rings. The SMILES string of the molecule is CC(N)c1n[nH]c(Cc2ccc3c(c2)CCN3C)n1. The van der Waals surface area contributed by atoms with Crippen LogP contribution in [0.5, 0.6) is 0 Å². The molecule has 100 valence electrons. The molecule has 0 amide bonds. The molecule has 3 N–H and O–H groups in total. The van der Waals surface area contributed by atoms with Gasteiger partial charge in [0, 0.05) is 25.7 Å². The lowest BCUT2D eigenvalue weighted by Crippen LogP contribution is -2.12. The van der Waals surface area contributed by atoms with E-state index in [4.69, 9.17) is 5.73 Å². The van der Waals surface area contributed by atoms with Crippen LogP contribution >= 0.6 is 0 Å². The molecule has 19 heavy (non-hydrogen) atoms. The van der Waals surface area contributed by atoms with Crippen LogP contribution in [0, 0.1) is 0 Å². The Labute approximate surface area is 112 Å². The van der Waals surface area contributed by atoms with E-state index in [9.17, 15) is 0 Å². The Bertz CT molecular complexity index is 587. The minimum atomic E-state index is -0.126. The van der Waals surface area contributed by atoms with Crippen LogP contribution < -0.4 is 10.6 Å². The number of nitrogens with zero attached hydrogens (tertiary/aromatic N) is 3. The summed E-state index contributed by atoms with van der Waals surface area (Å²) in [5, 5.41) is 7.09. The predicted molar refractivity (Wildman–Crippen MR) is 75.2 cm³/mol. The first kappa shape index (κ1) is 12.2. The maximum atomic E-state index is 5.76. The van der Waals surface area contributed by atoms with Gasteiger partial charge < -0.3 is 10.6 Å². The van der Waals surface area contributed by atoms with Crippen LogP contribution in [0.2, 0.25) is 0 Å². The second-order valence-electron chi connectivity index (χ2n) is 5.24. The van der Waals surface area contributed by atoms with E-state index in [1.165, 1.54) is 16.8 Å². The highest BCUT2D eigenvalue weighted by molar-refractivity contribution is 5.58. The predicted octanol–water partition coefficient (Wildman–Crippen LogP) is 1.41. The van der Waals surface area contributed by atoms with Gasteiger partial charge in [0.15, 0.2) is 5.82 Å². The molecule has 5 nitrogen and oxygen atoms in total. The van der Waals surface area contributed by atoms with E-state index in [-0.39, 0.29) is 6.04 Å². The van der Waals surface area contributed by atoms with Gasteiger partial charge in [0.25, 0.3) is 0 Å². The van der Waals surface area contributed by atoms with Crippen molar-refractivity contribution in [3.63, 3.8) is 0 Å². The van der Waals surface area contributed by atoms with Gasteiger partial charge in [-0.05, 0) is 30.5 Å². The van der Waals surface area contributed by atoms with E-state index in [0.717, 1.165) is 25.2 Å². The minimum Gasteiger partial charge on any atom is -0.374 e. The van der Waals surface area contributed by atoms with Gasteiger partial charge in [-0.3, -0.25) is 5.10 Å². The Kier molecular flexibility index (Phi) is 2.98. The van der Waals surface area contributed by atoms with E-state index in [0.29, 0.717) is 5.82 Å². The average Bonchev–Trinajstić information content (AvgIpc) is 2.97. The number of likely N-dealkylation sites (N-methyl/N-ethyl adjacent to an activating group) is 1. The summed E-state index contributed by atoms with van der Waals surface area (Å²) in [6, 6.07) is 6.50. The lowest BCUT2D eigenvalue weighted by molar-refractivity contribution is 0.744. The average molecular weight is 257 g/mol. The third-order valence-corrected chi connectivity index (χ3v) is 3.60. The van der Waals surface area contributed by atoms with Crippen LogP contribution in [0.1, 0.15) is 35.7 Å². The monoisotopic (exact) mass is 257 g/mol. The third-order valence-electron chi connectivity index (χ3n) is 3.60. The number of hydrogen-bond acceptors (Lipinski definition) is 4. The van der Waals surface area contributed by atoms with Gasteiger partial charge in [0.1, 0.15) is 5.82 Å². The van der Waals surface area contributed by atoms with Gasteiger partial charge in [-0.1, -0.05) is 12.1 Å². The highest BCUT2D eigenvalue weighted by Gasteiger charge is 2.16. The van der Waals surface area contributed by atoms with Gasteiger partial charge in [-0.15, -0.1) is 0 Å². The Hall–Kier alpha value is -1.88. The highest BCUT2D eigenvalue weighted by Crippen LogP contribution is 2.27. The smallest absolute Gasteiger partial charge is 0.167 e. The maximum absolute atomic E-state index is 5.76. The van der Waals surface area contributed by atoms with Gasteiger partial charge >= 0.3 is 0 Å². The summed E-state index contributed by atoms with van der Waals surface area (Å²) >= 11 is 0. The standard InChI is InChI=1S/C14H19N5/c1-9(15)14-16-13(17-18-14)8-10-3-4-12-11(7-10)5-6-19(12)2/h3-4,7,9H,5-6,8,15H2,1-2H3,(H,16,17,18). The number of anilines is 1. The second-order valence-corrected chi connectivity index (χ2v) is 5.24. The largest absolute Gasteiger partial charge is 0.374 e. The van der Waals surface area contributed by atoms with Crippen LogP contribution in [-0.2, 0) is 12.8 Å². The summed E-state index contributed by atoms with van der Waals surface area (Å²) < 4.78 is 0. The topological polar surface area (TPSA) is 70.8 Å². The molecule has 0 spiro atoms. The number of aromatic nitrogens is 3. The van der Waals surface area contributed by atoms with Crippen LogP contribution in [0.15, 0.2) is 18.2 Å². The molecule has 1 atom stereocenters. The van der Waals surface area contributed by atoms with E-state index >= 15 is 0 Å². The summed E-state index contributed by atoms with van der Waals surface area (Å²) in [5.41, 5.74) is 9.79. The van der Waals surface area contributed by atoms with E-state index in [2.05, 4.69) is 45.3 Å². The van der Waals surface area contributed by atoms with Crippen molar-refractivity contribution in [2.24, 2.45) is 5.73 Å². The lowest BCUT2D eigenvalue weighted by Gasteiger charge is -2.11. The fourth-order valence-corrected chi connectivity index (χ4v) is 2.52. The van der Waals surface area contributed by atoms with Gasteiger partial charge in [-0.25, -0.2) is 4.98 Å². The highest BCUT2D eigenvalue weighted by atomic mass is 15.2. The number of fused-ring (bicyclic) bond motifs is 1. The molecule has 1 aliphatic rings. The molecular weight excluding hydrogens is 238 g/mol. The summed E-state index contributed by atoms with van der Waals surface area (Å²) in [6.07, 6.45) is 1.90. The summed E-state index contributed by atoms with van der Waals surface area (Å²) in [7, 11) is 2.14. The van der Waals surface area contributed by atoms with E-state index in [1.807, 2.05) is 6.92 Å². The molecule has 0 fully saturated rings. The number of hydrogen-bond donors (Lipinski definition) is 2. The van der Waals surface area contributed by atoms with Crippen molar-refractivity contribution in [3.05, 3.63) is 41.0 Å². The van der Waals surface area contributed by atoms with Crippen molar-refractivity contribution in [1.82, 2.24) is 15.2 Å². The molecule has 0 saturated carbocycles. The van der Waals surface area contributed by atoms with Crippen molar-refractivity contribution in [1.29, 1.82) is 0 Å². The van der Waals surface area contributed by atoms with Crippen LogP contribution in [-0.4, -0.2) is 28.8 Å². The first-order valence-corrected chi connectivity index (χ1v) is 6.63. The number of aromatic amines is 1. The molecule has 0 bridgehead atoms. The van der Waals surface area contributed by atoms with E-state index < -0.39 is 0 Å². The van der Waals surface area contributed by atoms with Crippen LogP contribution in [0.4, 0.5) is 5.69 Å². The van der Waals surface area contributed by atoms with Crippen molar-refractivity contribution in [2.75, 3.05) is 18.5 Å². The summed E-state index contributed by atoms with van der Waals surface area (Å²) in [4.78, 5) is 6.70. The van der Waals surface area contributed by atoms with Gasteiger partial charge in [-0.2, -0.15) is 5.10 Å². The Morgan fingerprint density at radius 3 is 3.05 bits per heavy atom. The first-order chi connectivity index (χ1) is 9.13. The third kappa shape index (κ3) is 2.33. The normalized spacial score (nSPS) is 15.6. The first-order valence-electron chi connectivity index (χ1n) is 6.63. The van der Waals surface area contributed by atoms with Crippen molar-refractivity contribution in [3.8, 4) is 0 Å². The van der Waals surface area contributed by atoms with Crippen molar-refractivity contribution >= 4 is 5.69 Å². The fourth-order valence-electron chi connectivity index (χ4n) is 2.52. The zero-order valence-electron chi connectivity index (χ0n) is 11.3. The Balaban J connectivity index is 1.80. The van der Waals surface area contributed by atoms with Crippen molar-refractivity contribution < 1.29 is 0 Å². The molecule has 0 radical (unpaired) electrons. The molecule has 1 aromatic carbocycles. The Morgan fingerprint density at radius 1 is 1.47 bits per heavy atom. The van der Waals surface area contributed by atoms with Crippen LogP contribution in [0.3, 0.4) is 0 Å². The minimum absolute atomic E-state index is 0.126. The van der Waals surface area contributed by atoms with Gasteiger partial charge in [0.2, 0.25) is 0 Å². The van der Waals surface area contributed by atoms with Crippen LogP contribution in [0.25, 0.3) is 0 Å². The number of rotatable bonds is 3. The number of benzene rings is 1. The molecule has 3 rings (SSSR count). The number of nitrogens with one attached hydrogen (secondary N) is 1. The zero-order chi connectivity index (χ0) is 13.4. The molecule has 0 saturated heterocycles. The number of H-pyrrole nitrogens is 1. The lowest BCUT2D eigenvalue weighted by atomic mass is 10.1. The van der Waals surface area contributed by atoms with Gasteiger partial charge in [0.05, 0.1) is 6.04 Å². The summed E-state index contributed by atoms with van der Waals surface area (Å²) in [5.74, 6) is 1.55. The van der Waals surface area contributed by atoms with E-state index in [1.54, 1.807) is 0 Å². The molecular formula is C14H19N5. The fraction of sp³-hybridized carbons (Fsp3) is 0.429. The Morgan fingerprint density at radius 2 is 2.32 bits per heavy atom. The summed E-state index contributed by atoms with van der Waals surface area (Å²) in [6.45, 7) is 2.99. The molecule has 5 heteroatoms. The number of nitrogens with two attached hydrogens (primary N) is 1. The molecule has 2 heterocycles. The molecule has 1 unspecified atom stereocenters. The zero-order valence-corrected chi connectivity index (χ0v) is 11.3. The van der Waals surface area contributed by atoms with Crippen molar-refractivity contribution in [2.45, 2.75) is 25.8 Å².